The van der Waals surface area contributed by atoms with E-state index in [0.29, 0.717) is 22.9 Å². The van der Waals surface area contributed by atoms with Crippen LogP contribution in [-0.2, 0) is 9.47 Å². The van der Waals surface area contributed by atoms with Crippen LogP contribution in [0.2, 0.25) is 0 Å². The molecule has 1 amide bonds. The standard InChI is InChI=1S/C46H81NO7S/c1-5-8-10-12-14-16-18-20-22-24-26-28-30-37(31-29-27-25-23-21-19-17-15-13-11-9-6-2)35-47-44(51)38-32-39(45(52)53-7-3)34-40(33-38)55-46-43(50)42(49)41(48)36(4)54-46/h32-34,36-37,41-43,46,48-50H,5-31,35H2,1-4H3,(H,47,51)/t36-,41+,42+,43-,46-/m0/s1. The molecule has 1 aromatic carbocycles. The first-order valence-electron chi connectivity index (χ1n) is 22.7. The molecule has 0 aliphatic carbocycles. The van der Waals surface area contributed by atoms with Crippen molar-refractivity contribution in [2.45, 2.75) is 229 Å². The van der Waals surface area contributed by atoms with Gasteiger partial charge in [0.15, 0.2) is 0 Å². The maximum atomic E-state index is 13.7. The fourth-order valence-electron chi connectivity index (χ4n) is 7.61. The lowest BCUT2D eigenvalue weighted by atomic mass is 9.93. The van der Waals surface area contributed by atoms with Crippen LogP contribution in [0.4, 0.5) is 0 Å². The third-order valence-corrected chi connectivity index (χ3v) is 12.4. The number of benzene rings is 1. The molecule has 55 heavy (non-hydrogen) atoms. The lowest BCUT2D eigenvalue weighted by Crippen LogP contribution is -2.55. The zero-order chi connectivity index (χ0) is 40.1. The molecule has 1 heterocycles. The van der Waals surface area contributed by atoms with Gasteiger partial charge in [-0.25, -0.2) is 4.79 Å². The first kappa shape index (κ1) is 49.5. The summed E-state index contributed by atoms with van der Waals surface area (Å²) < 4.78 is 11.0. The lowest BCUT2D eigenvalue weighted by Gasteiger charge is -2.39. The van der Waals surface area contributed by atoms with Gasteiger partial charge in [0.25, 0.3) is 5.91 Å². The van der Waals surface area contributed by atoms with E-state index in [1.807, 2.05) is 0 Å². The molecule has 2 rings (SSSR count). The highest BCUT2D eigenvalue weighted by Crippen LogP contribution is 2.34. The molecule has 1 aliphatic heterocycles. The molecular weight excluding hydrogens is 711 g/mol. The average molecular weight is 792 g/mol. The zero-order valence-electron chi connectivity index (χ0n) is 35.4. The van der Waals surface area contributed by atoms with Crippen molar-refractivity contribution < 1.29 is 34.4 Å². The number of carbonyl (C=O) groups is 2. The summed E-state index contributed by atoms with van der Waals surface area (Å²) in [5.74, 6) is -0.390. The summed E-state index contributed by atoms with van der Waals surface area (Å²) in [6.07, 6.45) is 29.4. The molecule has 0 radical (unpaired) electrons. The quantitative estimate of drug-likeness (QED) is 0.0410. The van der Waals surface area contributed by atoms with Crippen molar-refractivity contribution in [3.63, 3.8) is 0 Å². The molecule has 318 valence electrons. The number of aliphatic hydroxyl groups excluding tert-OH is 3. The molecule has 1 fully saturated rings. The minimum atomic E-state index is -1.37. The second-order valence-electron chi connectivity index (χ2n) is 16.2. The molecule has 0 saturated carbocycles. The van der Waals surface area contributed by atoms with Crippen LogP contribution in [-0.4, -0.2) is 70.2 Å². The van der Waals surface area contributed by atoms with E-state index in [2.05, 4.69) is 19.2 Å². The van der Waals surface area contributed by atoms with Crippen LogP contribution in [0.1, 0.15) is 215 Å². The summed E-state index contributed by atoms with van der Waals surface area (Å²) in [7, 11) is 0. The topological polar surface area (TPSA) is 125 Å². The normalized spacial score (nSPS) is 19.9. The van der Waals surface area contributed by atoms with Crippen molar-refractivity contribution in [3.05, 3.63) is 29.3 Å². The minimum Gasteiger partial charge on any atom is -0.462 e. The molecule has 1 aliphatic rings. The fraction of sp³-hybridized carbons (Fsp3) is 0.826. The van der Waals surface area contributed by atoms with Crippen LogP contribution < -0.4 is 5.32 Å². The molecule has 1 aromatic rings. The number of esters is 1. The number of ether oxygens (including phenoxy) is 2. The van der Waals surface area contributed by atoms with Gasteiger partial charge in [-0.3, -0.25) is 4.79 Å². The molecular formula is C46H81NO7S. The Bertz CT molecular complexity index is 1110. The summed E-state index contributed by atoms with van der Waals surface area (Å²) >= 11 is 1.11. The highest BCUT2D eigenvalue weighted by atomic mass is 32.2. The van der Waals surface area contributed by atoms with Gasteiger partial charge >= 0.3 is 5.97 Å². The number of unbranched alkanes of at least 4 members (excludes halogenated alkanes) is 22. The Morgan fingerprint density at radius 1 is 0.636 bits per heavy atom. The van der Waals surface area contributed by atoms with Gasteiger partial charge < -0.3 is 30.1 Å². The van der Waals surface area contributed by atoms with Crippen LogP contribution in [0, 0.1) is 5.92 Å². The average Bonchev–Trinajstić information content (AvgIpc) is 3.18. The molecule has 4 N–H and O–H groups in total. The number of rotatable bonds is 33. The summed E-state index contributed by atoms with van der Waals surface area (Å²) in [5, 5.41) is 34.3. The number of amides is 1. The van der Waals surface area contributed by atoms with Crippen LogP contribution in [0.25, 0.3) is 0 Å². The van der Waals surface area contributed by atoms with E-state index < -0.39 is 35.8 Å². The van der Waals surface area contributed by atoms with Crippen molar-refractivity contribution in [3.8, 4) is 0 Å². The van der Waals surface area contributed by atoms with Crippen LogP contribution in [0.3, 0.4) is 0 Å². The lowest BCUT2D eigenvalue weighted by molar-refractivity contribution is -0.192. The number of carbonyl (C=O) groups excluding carboxylic acids is 2. The van der Waals surface area contributed by atoms with E-state index >= 15 is 0 Å². The van der Waals surface area contributed by atoms with Gasteiger partial charge in [0, 0.05) is 17.0 Å². The van der Waals surface area contributed by atoms with E-state index in [9.17, 15) is 24.9 Å². The molecule has 0 aromatic heterocycles. The number of aliphatic hydroxyl groups is 3. The fourth-order valence-corrected chi connectivity index (χ4v) is 8.80. The summed E-state index contributed by atoms with van der Waals surface area (Å²) in [5.41, 5.74) is -0.320. The molecule has 0 spiro atoms. The molecule has 5 atom stereocenters. The van der Waals surface area contributed by atoms with Gasteiger partial charge in [0.2, 0.25) is 0 Å². The Kier molecular flexibility index (Phi) is 28.2. The second-order valence-corrected chi connectivity index (χ2v) is 17.4. The highest BCUT2D eigenvalue weighted by molar-refractivity contribution is 7.99. The zero-order valence-corrected chi connectivity index (χ0v) is 36.2. The number of hydrogen-bond acceptors (Lipinski definition) is 8. The van der Waals surface area contributed by atoms with Crippen molar-refractivity contribution >= 4 is 23.6 Å². The Balaban J connectivity index is 1.93. The molecule has 0 unspecified atom stereocenters. The van der Waals surface area contributed by atoms with Gasteiger partial charge in [-0.1, -0.05) is 180 Å². The van der Waals surface area contributed by atoms with E-state index in [4.69, 9.17) is 9.47 Å². The van der Waals surface area contributed by atoms with E-state index in [1.54, 1.807) is 32.0 Å². The summed E-state index contributed by atoms with van der Waals surface area (Å²) in [6.45, 7) is 8.69. The third-order valence-electron chi connectivity index (χ3n) is 11.2. The van der Waals surface area contributed by atoms with Gasteiger partial charge in [-0.05, 0) is 50.8 Å². The monoisotopic (exact) mass is 792 g/mol. The highest BCUT2D eigenvalue weighted by Gasteiger charge is 2.42. The van der Waals surface area contributed by atoms with Crippen molar-refractivity contribution in [1.29, 1.82) is 0 Å². The van der Waals surface area contributed by atoms with Crippen LogP contribution in [0.5, 0.6) is 0 Å². The Labute approximate surface area is 340 Å². The largest absolute Gasteiger partial charge is 0.462 e. The molecule has 1 saturated heterocycles. The van der Waals surface area contributed by atoms with Crippen molar-refractivity contribution in [2.24, 2.45) is 5.92 Å². The minimum absolute atomic E-state index is 0.198. The first-order chi connectivity index (χ1) is 26.7. The van der Waals surface area contributed by atoms with Crippen LogP contribution >= 0.6 is 11.8 Å². The third kappa shape index (κ3) is 21.6. The summed E-state index contributed by atoms with van der Waals surface area (Å²) in [6, 6.07) is 4.86. The van der Waals surface area contributed by atoms with Gasteiger partial charge in [-0.2, -0.15) is 0 Å². The predicted molar refractivity (Wildman–Crippen MR) is 228 cm³/mol. The molecule has 9 heteroatoms. The SMILES string of the molecule is CCCCCCCCCCCCCCC(CCCCCCCCCCCCCC)CNC(=O)c1cc(S[C@@H]2O[C@@H](C)[C@@H](O)[C@@H](O)[C@@H]2O)cc(C(=O)OCC)c1. The van der Waals surface area contributed by atoms with Gasteiger partial charge in [0.1, 0.15) is 23.7 Å². The number of thioether (sulfide) groups is 1. The van der Waals surface area contributed by atoms with E-state index in [0.717, 1.165) is 24.6 Å². The number of nitrogens with one attached hydrogen (secondary N) is 1. The van der Waals surface area contributed by atoms with E-state index in [1.165, 1.54) is 154 Å². The van der Waals surface area contributed by atoms with Gasteiger partial charge in [0.05, 0.1) is 18.3 Å². The Morgan fingerprint density at radius 2 is 1.07 bits per heavy atom. The predicted octanol–water partition coefficient (Wildman–Crippen LogP) is 11.3. The molecule has 0 bridgehead atoms. The van der Waals surface area contributed by atoms with Crippen LogP contribution in [0.15, 0.2) is 23.1 Å². The van der Waals surface area contributed by atoms with Gasteiger partial charge in [-0.15, -0.1) is 0 Å². The maximum absolute atomic E-state index is 13.7. The van der Waals surface area contributed by atoms with Crippen molar-refractivity contribution in [1.82, 2.24) is 5.32 Å². The van der Waals surface area contributed by atoms with Crippen molar-refractivity contribution in [2.75, 3.05) is 13.2 Å². The molecule has 8 nitrogen and oxygen atoms in total. The summed E-state index contributed by atoms with van der Waals surface area (Å²) in [4.78, 5) is 27.0. The Morgan fingerprint density at radius 3 is 1.53 bits per heavy atom. The van der Waals surface area contributed by atoms with E-state index in [-0.39, 0.29) is 18.1 Å². The smallest absolute Gasteiger partial charge is 0.338 e. The Hall–Kier alpha value is -1.65. The first-order valence-corrected chi connectivity index (χ1v) is 23.6. The number of hydrogen-bond donors (Lipinski definition) is 4. The maximum Gasteiger partial charge on any atom is 0.338 e. The second kappa shape index (κ2) is 31.4.